The molecule has 0 fully saturated rings. The topological polar surface area (TPSA) is 44.1 Å². The summed E-state index contributed by atoms with van der Waals surface area (Å²) in [6, 6.07) is 7.50. The first-order valence-electron chi connectivity index (χ1n) is 6.75. The molecule has 0 aliphatic carbocycles. The smallest absolute Gasteiger partial charge is 0.310 e. The minimum absolute atomic E-state index is 0.0286. The summed E-state index contributed by atoms with van der Waals surface area (Å²) in [5.74, 6) is 0.347. The van der Waals surface area contributed by atoms with E-state index >= 15 is 0 Å². The number of esters is 1. The second kappa shape index (κ2) is 5.49. The van der Waals surface area contributed by atoms with Crippen molar-refractivity contribution in [3.8, 4) is 17.0 Å². The Morgan fingerprint density at radius 2 is 1.90 bits per heavy atom. The van der Waals surface area contributed by atoms with Gasteiger partial charge in [0.15, 0.2) is 0 Å². The van der Waals surface area contributed by atoms with Gasteiger partial charge in [-0.2, -0.15) is 0 Å². The maximum absolute atomic E-state index is 11.2. The van der Waals surface area contributed by atoms with E-state index in [-0.39, 0.29) is 11.5 Å². The summed E-state index contributed by atoms with van der Waals surface area (Å²) in [6.45, 7) is 8.18. The molecule has 0 bridgehead atoms. The molecule has 4 heteroatoms. The van der Waals surface area contributed by atoms with Crippen molar-refractivity contribution in [1.82, 2.24) is 9.55 Å². The summed E-state index contributed by atoms with van der Waals surface area (Å²) in [7, 11) is 0. The molecule has 1 aromatic heterocycles. The fraction of sp³-hybridized carbons (Fsp3) is 0.375. The van der Waals surface area contributed by atoms with Crippen LogP contribution in [0.3, 0.4) is 0 Å². The Hall–Kier alpha value is -2.10. The Balaban J connectivity index is 2.27. The molecule has 0 amide bonds. The zero-order valence-electron chi connectivity index (χ0n) is 12.4. The van der Waals surface area contributed by atoms with Gasteiger partial charge in [-0.25, -0.2) is 4.98 Å². The van der Waals surface area contributed by atoms with Crippen molar-refractivity contribution < 1.29 is 9.53 Å². The van der Waals surface area contributed by atoms with Gasteiger partial charge in [-0.1, -0.05) is 6.92 Å². The molecular formula is C16H20N2O2. The van der Waals surface area contributed by atoms with Crippen LogP contribution in [0, 0.1) is 0 Å². The highest BCUT2D eigenvalue weighted by Crippen LogP contribution is 2.27. The maximum atomic E-state index is 11.2. The Morgan fingerprint density at radius 3 is 2.45 bits per heavy atom. The van der Waals surface area contributed by atoms with Crippen molar-refractivity contribution in [3.63, 3.8) is 0 Å². The van der Waals surface area contributed by atoms with Gasteiger partial charge < -0.3 is 9.30 Å². The summed E-state index contributed by atoms with van der Waals surface area (Å²) >= 11 is 0. The van der Waals surface area contributed by atoms with Gasteiger partial charge in [-0.3, -0.25) is 4.79 Å². The van der Waals surface area contributed by atoms with E-state index < -0.39 is 0 Å². The number of hydrogen-bond donors (Lipinski definition) is 0. The molecule has 0 aliphatic rings. The largest absolute Gasteiger partial charge is 0.427 e. The minimum Gasteiger partial charge on any atom is -0.427 e. The molecule has 0 saturated heterocycles. The average Bonchev–Trinajstić information content (AvgIpc) is 2.88. The highest BCUT2D eigenvalue weighted by molar-refractivity contribution is 5.72. The van der Waals surface area contributed by atoms with E-state index in [1.54, 1.807) is 6.92 Å². The van der Waals surface area contributed by atoms with Gasteiger partial charge in [0.05, 0.1) is 18.2 Å². The molecule has 20 heavy (non-hydrogen) atoms. The molecule has 0 unspecified atom stereocenters. The third kappa shape index (κ3) is 3.07. The summed E-state index contributed by atoms with van der Waals surface area (Å²) in [6.07, 6.45) is 4.05. The Labute approximate surface area is 119 Å². The lowest BCUT2D eigenvalue weighted by atomic mass is 10.1. The summed E-state index contributed by atoms with van der Waals surface area (Å²) in [5.41, 5.74) is 2.07. The lowest BCUT2D eigenvalue weighted by Crippen LogP contribution is -2.21. The van der Waals surface area contributed by atoms with E-state index in [4.69, 9.17) is 4.74 Å². The van der Waals surface area contributed by atoms with Crippen LogP contribution in [0.4, 0.5) is 0 Å². The number of ether oxygens (including phenoxy) is 1. The van der Waals surface area contributed by atoms with Crippen LogP contribution in [0.2, 0.25) is 0 Å². The zero-order chi connectivity index (χ0) is 14.8. The fourth-order valence-electron chi connectivity index (χ4n) is 1.94. The number of rotatable bonds is 3. The van der Waals surface area contributed by atoms with Crippen LogP contribution < -0.4 is 4.74 Å². The second-order valence-electron chi connectivity index (χ2n) is 5.67. The molecule has 106 valence electrons. The molecule has 0 N–H and O–H groups in total. The van der Waals surface area contributed by atoms with Crippen molar-refractivity contribution in [2.45, 2.75) is 39.7 Å². The van der Waals surface area contributed by atoms with Crippen molar-refractivity contribution in [3.05, 3.63) is 36.8 Å². The first kappa shape index (κ1) is 14.3. The van der Waals surface area contributed by atoms with Crippen molar-refractivity contribution in [1.29, 1.82) is 0 Å². The molecule has 0 atom stereocenters. The lowest BCUT2D eigenvalue weighted by Gasteiger charge is -2.23. The van der Waals surface area contributed by atoms with E-state index in [2.05, 4.69) is 30.3 Å². The number of hydrogen-bond acceptors (Lipinski definition) is 3. The predicted octanol–water partition coefficient (Wildman–Crippen LogP) is 3.62. The summed E-state index contributed by atoms with van der Waals surface area (Å²) < 4.78 is 7.30. The van der Waals surface area contributed by atoms with Crippen LogP contribution in [0.25, 0.3) is 11.3 Å². The molecular weight excluding hydrogens is 252 g/mol. The van der Waals surface area contributed by atoms with Gasteiger partial charge in [0.1, 0.15) is 5.75 Å². The summed E-state index contributed by atoms with van der Waals surface area (Å²) in [5, 5.41) is 0. The maximum Gasteiger partial charge on any atom is 0.310 e. The highest BCUT2D eigenvalue weighted by Gasteiger charge is 2.17. The molecule has 0 aliphatic heterocycles. The Morgan fingerprint density at radius 1 is 1.25 bits per heavy atom. The fourth-order valence-corrected chi connectivity index (χ4v) is 1.94. The third-order valence-corrected chi connectivity index (χ3v) is 3.03. The zero-order valence-corrected chi connectivity index (χ0v) is 12.4. The Bertz CT molecular complexity index is 592. The lowest BCUT2D eigenvalue weighted by molar-refractivity contribution is -0.134. The van der Waals surface area contributed by atoms with Crippen molar-refractivity contribution >= 4 is 5.97 Å². The normalized spacial score (nSPS) is 11.4. The first-order valence-corrected chi connectivity index (χ1v) is 6.75. The van der Waals surface area contributed by atoms with Gasteiger partial charge in [0, 0.05) is 17.5 Å². The molecule has 0 radical (unpaired) electrons. The van der Waals surface area contributed by atoms with Crippen molar-refractivity contribution in [2.24, 2.45) is 0 Å². The van der Waals surface area contributed by atoms with Crippen LogP contribution in [0.1, 0.15) is 34.1 Å². The molecule has 0 spiro atoms. The van der Waals surface area contributed by atoms with E-state index in [0.29, 0.717) is 12.2 Å². The monoisotopic (exact) mass is 272 g/mol. The Kier molecular flexibility index (Phi) is 3.93. The molecule has 1 aromatic carbocycles. The van der Waals surface area contributed by atoms with Gasteiger partial charge in [-0.05, 0) is 45.0 Å². The molecule has 2 rings (SSSR count). The number of aromatic nitrogens is 2. The van der Waals surface area contributed by atoms with Crippen LogP contribution in [0.15, 0.2) is 36.8 Å². The predicted molar refractivity (Wildman–Crippen MR) is 78.6 cm³/mol. The molecule has 0 saturated carbocycles. The van der Waals surface area contributed by atoms with Gasteiger partial charge in [0.2, 0.25) is 0 Å². The van der Waals surface area contributed by atoms with Gasteiger partial charge in [0.25, 0.3) is 0 Å². The number of carbonyl (C=O) groups excluding carboxylic acids is 1. The SMILES string of the molecule is CCC(=O)Oc1ccc(-c2cncn2C(C)(C)C)cc1. The van der Waals surface area contributed by atoms with Crippen molar-refractivity contribution in [2.75, 3.05) is 0 Å². The number of nitrogens with zero attached hydrogens (tertiary/aromatic N) is 2. The number of carbonyl (C=O) groups is 1. The number of benzene rings is 1. The van der Waals surface area contributed by atoms with Crippen LogP contribution in [0.5, 0.6) is 5.75 Å². The molecule has 1 heterocycles. The third-order valence-electron chi connectivity index (χ3n) is 3.03. The standard InChI is InChI=1S/C16H20N2O2/c1-5-15(19)20-13-8-6-12(7-9-13)14-10-17-11-18(14)16(2,3)4/h6-11H,5H2,1-4H3. The van der Waals surface area contributed by atoms with Gasteiger partial charge >= 0.3 is 5.97 Å². The average molecular weight is 272 g/mol. The minimum atomic E-state index is -0.225. The highest BCUT2D eigenvalue weighted by atomic mass is 16.5. The molecule has 2 aromatic rings. The van der Waals surface area contributed by atoms with E-state index in [1.165, 1.54) is 0 Å². The van der Waals surface area contributed by atoms with Crippen LogP contribution in [-0.4, -0.2) is 15.5 Å². The van der Waals surface area contributed by atoms with Crippen LogP contribution >= 0.6 is 0 Å². The van der Waals surface area contributed by atoms with E-state index in [1.807, 2.05) is 36.8 Å². The van der Waals surface area contributed by atoms with E-state index in [9.17, 15) is 4.79 Å². The second-order valence-corrected chi connectivity index (χ2v) is 5.67. The first-order chi connectivity index (χ1) is 9.41. The summed E-state index contributed by atoms with van der Waals surface area (Å²) in [4.78, 5) is 15.5. The quantitative estimate of drug-likeness (QED) is 0.633. The van der Waals surface area contributed by atoms with E-state index in [0.717, 1.165) is 11.3 Å². The van der Waals surface area contributed by atoms with Crippen LogP contribution in [-0.2, 0) is 10.3 Å². The van der Waals surface area contributed by atoms with Gasteiger partial charge in [-0.15, -0.1) is 0 Å². The number of imidazole rings is 1. The molecule has 4 nitrogen and oxygen atoms in total.